The Morgan fingerprint density at radius 3 is 2.28 bits per heavy atom. The van der Waals surface area contributed by atoms with Gasteiger partial charge in [0.2, 0.25) is 5.91 Å². The number of carbonyl (C=O) groups is 2. The molecule has 3 rings (SSSR count). The lowest BCUT2D eigenvalue weighted by molar-refractivity contribution is -0.384. The van der Waals surface area contributed by atoms with Gasteiger partial charge in [0, 0.05) is 35.8 Å². The lowest BCUT2D eigenvalue weighted by Crippen LogP contribution is -2.43. The van der Waals surface area contributed by atoms with E-state index in [9.17, 15) is 19.7 Å². The molecule has 0 aromatic heterocycles. The molecule has 29 heavy (non-hydrogen) atoms. The first-order valence-corrected chi connectivity index (χ1v) is 9.57. The van der Waals surface area contributed by atoms with Gasteiger partial charge in [0.05, 0.1) is 10.8 Å². The topological polar surface area (TPSA) is 92.6 Å². The van der Waals surface area contributed by atoms with E-state index in [4.69, 9.17) is 0 Å². The summed E-state index contributed by atoms with van der Waals surface area (Å²) in [4.78, 5) is 37.8. The summed E-state index contributed by atoms with van der Waals surface area (Å²) < 4.78 is 0. The molecule has 2 aromatic carbocycles. The third-order valence-electron chi connectivity index (χ3n) is 4.77. The van der Waals surface area contributed by atoms with Gasteiger partial charge >= 0.3 is 0 Å². The van der Waals surface area contributed by atoms with Gasteiger partial charge in [-0.05, 0) is 44.9 Å². The Bertz CT molecular complexity index is 904. The monoisotopic (exact) mass is 395 g/mol. The van der Waals surface area contributed by atoms with E-state index in [2.05, 4.69) is 5.32 Å². The minimum absolute atomic E-state index is 0.0583. The zero-order chi connectivity index (χ0) is 21.2. The molecule has 1 saturated carbocycles. The van der Waals surface area contributed by atoms with Crippen LogP contribution in [0.3, 0.4) is 0 Å². The molecule has 0 saturated heterocycles. The van der Waals surface area contributed by atoms with Crippen LogP contribution in [0, 0.1) is 16.0 Å². The number of amides is 2. The highest BCUT2D eigenvalue weighted by atomic mass is 16.6. The Labute approximate surface area is 169 Å². The van der Waals surface area contributed by atoms with Crippen LogP contribution in [0.15, 0.2) is 54.6 Å². The number of nitrogens with one attached hydrogen (secondary N) is 1. The Balaban J connectivity index is 1.81. The lowest BCUT2D eigenvalue weighted by Gasteiger charge is -2.25. The summed E-state index contributed by atoms with van der Waals surface area (Å²) in [6.07, 6.45) is 0.605. The van der Waals surface area contributed by atoms with Gasteiger partial charge in [0.1, 0.15) is 0 Å². The first-order valence-electron chi connectivity index (χ1n) is 9.57. The van der Waals surface area contributed by atoms with Crippen molar-refractivity contribution in [2.24, 2.45) is 5.92 Å². The quantitative estimate of drug-likeness (QED) is 0.598. The van der Waals surface area contributed by atoms with Gasteiger partial charge in [-0.25, -0.2) is 0 Å². The van der Waals surface area contributed by atoms with Crippen LogP contribution >= 0.6 is 0 Å². The SMILES string of the molecule is CC(C)(C)NC(=O)[C@@H]1C[C@H]1N(Cc1ccccc1)C(=O)c1ccc([N+](=O)[O-])cc1. The summed E-state index contributed by atoms with van der Waals surface area (Å²) in [5, 5.41) is 13.8. The Morgan fingerprint density at radius 1 is 1.10 bits per heavy atom. The number of rotatable bonds is 6. The number of carbonyl (C=O) groups excluding carboxylic acids is 2. The second-order valence-corrected chi connectivity index (χ2v) is 8.37. The molecule has 0 aliphatic heterocycles. The Morgan fingerprint density at radius 2 is 1.72 bits per heavy atom. The van der Waals surface area contributed by atoms with Crippen molar-refractivity contribution in [3.63, 3.8) is 0 Å². The summed E-state index contributed by atoms with van der Waals surface area (Å²) in [7, 11) is 0. The highest BCUT2D eigenvalue weighted by Gasteiger charge is 2.49. The highest BCUT2D eigenvalue weighted by molar-refractivity contribution is 5.96. The van der Waals surface area contributed by atoms with E-state index in [0.29, 0.717) is 18.5 Å². The summed E-state index contributed by atoms with van der Waals surface area (Å²) in [6.45, 7) is 6.14. The smallest absolute Gasteiger partial charge is 0.269 e. The second-order valence-electron chi connectivity index (χ2n) is 8.37. The molecule has 0 heterocycles. The third-order valence-corrected chi connectivity index (χ3v) is 4.77. The van der Waals surface area contributed by atoms with Crippen molar-refractivity contribution in [2.45, 2.75) is 45.3 Å². The summed E-state index contributed by atoms with van der Waals surface area (Å²) in [6, 6.07) is 15.0. The molecule has 0 spiro atoms. The maximum atomic E-state index is 13.2. The molecule has 7 nitrogen and oxygen atoms in total. The van der Waals surface area contributed by atoms with Crippen LogP contribution < -0.4 is 5.32 Å². The fraction of sp³-hybridized carbons (Fsp3) is 0.364. The molecule has 0 unspecified atom stereocenters. The number of nitro benzene ring substituents is 1. The van der Waals surface area contributed by atoms with E-state index in [1.807, 2.05) is 51.1 Å². The fourth-order valence-corrected chi connectivity index (χ4v) is 3.28. The van der Waals surface area contributed by atoms with E-state index in [0.717, 1.165) is 5.56 Å². The number of nitro groups is 1. The van der Waals surface area contributed by atoms with Crippen LogP contribution in [0.2, 0.25) is 0 Å². The molecule has 0 radical (unpaired) electrons. The molecule has 1 aliphatic rings. The molecule has 1 aliphatic carbocycles. The number of non-ortho nitro benzene ring substituents is 1. The van der Waals surface area contributed by atoms with Gasteiger partial charge in [-0.1, -0.05) is 30.3 Å². The van der Waals surface area contributed by atoms with Crippen LogP contribution in [0.1, 0.15) is 43.1 Å². The number of benzene rings is 2. The molecule has 0 bridgehead atoms. The van der Waals surface area contributed by atoms with Gasteiger partial charge in [0.15, 0.2) is 0 Å². The van der Waals surface area contributed by atoms with Crippen LogP contribution in [0.25, 0.3) is 0 Å². The summed E-state index contributed by atoms with van der Waals surface area (Å²) in [5.41, 5.74) is 0.930. The van der Waals surface area contributed by atoms with Crippen LogP contribution in [-0.4, -0.2) is 33.2 Å². The number of hydrogen-bond donors (Lipinski definition) is 1. The van der Waals surface area contributed by atoms with Crippen LogP contribution in [-0.2, 0) is 11.3 Å². The zero-order valence-corrected chi connectivity index (χ0v) is 16.8. The molecular formula is C22H25N3O4. The predicted molar refractivity (Wildman–Crippen MR) is 109 cm³/mol. The Kier molecular flexibility index (Phi) is 5.68. The highest BCUT2D eigenvalue weighted by Crippen LogP contribution is 2.38. The molecule has 1 fully saturated rings. The van der Waals surface area contributed by atoms with E-state index in [1.54, 1.807) is 4.90 Å². The van der Waals surface area contributed by atoms with Crippen LogP contribution in [0.4, 0.5) is 5.69 Å². The van der Waals surface area contributed by atoms with Crippen molar-refractivity contribution in [3.05, 3.63) is 75.8 Å². The maximum Gasteiger partial charge on any atom is 0.269 e. The van der Waals surface area contributed by atoms with Gasteiger partial charge in [-0.15, -0.1) is 0 Å². The van der Waals surface area contributed by atoms with Crippen molar-refractivity contribution in [1.82, 2.24) is 10.2 Å². The fourth-order valence-electron chi connectivity index (χ4n) is 3.28. The minimum Gasteiger partial charge on any atom is -0.351 e. The molecule has 2 aromatic rings. The largest absolute Gasteiger partial charge is 0.351 e. The predicted octanol–water partition coefficient (Wildman–Crippen LogP) is 3.54. The Hall–Kier alpha value is -3.22. The van der Waals surface area contributed by atoms with Crippen molar-refractivity contribution >= 4 is 17.5 Å². The van der Waals surface area contributed by atoms with Crippen molar-refractivity contribution < 1.29 is 14.5 Å². The van der Waals surface area contributed by atoms with E-state index >= 15 is 0 Å². The number of nitrogens with zero attached hydrogens (tertiary/aromatic N) is 2. The molecule has 2 amide bonds. The minimum atomic E-state index is -0.496. The second kappa shape index (κ2) is 8.03. The molecule has 7 heteroatoms. The first kappa shape index (κ1) is 20.5. The van der Waals surface area contributed by atoms with Gasteiger partial charge in [-0.2, -0.15) is 0 Å². The lowest BCUT2D eigenvalue weighted by atomic mass is 10.1. The summed E-state index contributed by atoms with van der Waals surface area (Å²) in [5.74, 6) is -0.545. The third kappa shape index (κ3) is 5.19. The van der Waals surface area contributed by atoms with Gasteiger partial charge in [0.25, 0.3) is 11.6 Å². The van der Waals surface area contributed by atoms with Crippen molar-refractivity contribution in [1.29, 1.82) is 0 Å². The average molecular weight is 395 g/mol. The first-order chi connectivity index (χ1) is 13.7. The summed E-state index contributed by atoms with van der Waals surface area (Å²) >= 11 is 0. The van der Waals surface area contributed by atoms with Gasteiger partial charge < -0.3 is 10.2 Å². The molecule has 152 valence electrons. The van der Waals surface area contributed by atoms with Gasteiger partial charge in [-0.3, -0.25) is 19.7 Å². The normalized spacial score (nSPS) is 18.0. The molecular weight excluding hydrogens is 370 g/mol. The number of hydrogen-bond acceptors (Lipinski definition) is 4. The van der Waals surface area contributed by atoms with Crippen LogP contribution in [0.5, 0.6) is 0 Å². The maximum absolute atomic E-state index is 13.2. The van der Waals surface area contributed by atoms with E-state index in [1.165, 1.54) is 24.3 Å². The molecule has 1 N–H and O–H groups in total. The van der Waals surface area contributed by atoms with E-state index in [-0.39, 0.29) is 35.0 Å². The van der Waals surface area contributed by atoms with E-state index < -0.39 is 4.92 Å². The van der Waals surface area contributed by atoms with Crippen molar-refractivity contribution in [3.8, 4) is 0 Å². The average Bonchev–Trinajstić information content (AvgIpc) is 3.46. The standard InChI is InChI=1S/C22H25N3O4/c1-22(2,3)23-20(26)18-13-19(18)24(14-15-7-5-4-6-8-15)21(27)16-9-11-17(12-10-16)25(28)29/h4-12,18-19H,13-14H2,1-3H3,(H,23,26)/t18-,19-/m1/s1. The zero-order valence-electron chi connectivity index (χ0n) is 16.8. The van der Waals surface area contributed by atoms with Crippen molar-refractivity contribution in [2.75, 3.05) is 0 Å². The molecule has 2 atom stereocenters.